The molecule has 0 amide bonds. The Hall–Kier alpha value is -2.68. The molecular formula is C24H29N2O4S2+. The van der Waals surface area contributed by atoms with Crippen LogP contribution in [0.5, 0.6) is 0 Å². The first kappa shape index (κ1) is 24.0. The maximum atomic E-state index is 13.2. The van der Waals surface area contributed by atoms with Gasteiger partial charge in [0.1, 0.15) is 0 Å². The van der Waals surface area contributed by atoms with Crippen molar-refractivity contribution in [3.63, 3.8) is 0 Å². The summed E-state index contributed by atoms with van der Waals surface area (Å²) in [6.45, 7) is 11.3. The molecule has 1 atom stereocenters. The molecule has 6 nitrogen and oxygen atoms in total. The Balaban J connectivity index is 1.96. The summed E-state index contributed by atoms with van der Waals surface area (Å²) < 4.78 is 55.4. The third kappa shape index (κ3) is 5.03. The molecule has 0 bridgehead atoms. The molecule has 0 saturated heterocycles. The zero-order valence-electron chi connectivity index (χ0n) is 19.1. The Bertz CT molecular complexity index is 1300. The van der Waals surface area contributed by atoms with Gasteiger partial charge in [-0.1, -0.05) is 41.5 Å². The molecule has 0 fully saturated rings. The van der Waals surface area contributed by atoms with E-state index >= 15 is 0 Å². The highest BCUT2D eigenvalue weighted by molar-refractivity contribution is 7.99. The normalized spacial score (nSPS) is 13.5. The van der Waals surface area contributed by atoms with Crippen molar-refractivity contribution in [3.05, 3.63) is 81.9 Å². The van der Waals surface area contributed by atoms with E-state index in [0.29, 0.717) is 11.4 Å². The lowest BCUT2D eigenvalue weighted by atomic mass is 10.1. The number of sulfonamides is 1. The topological polar surface area (TPSA) is 95.5 Å². The molecular weight excluding hydrogens is 444 g/mol. The third-order valence-electron chi connectivity index (χ3n) is 5.27. The summed E-state index contributed by atoms with van der Waals surface area (Å²) in [5, 5.41) is 0. The molecule has 3 rings (SSSR count). The zero-order chi connectivity index (χ0) is 23.8. The zero-order valence-corrected chi connectivity index (χ0v) is 20.7. The molecule has 0 aromatic heterocycles. The smallest absolute Gasteiger partial charge is 0.279 e. The van der Waals surface area contributed by atoms with Gasteiger partial charge in [0.2, 0.25) is 4.90 Å². The molecule has 3 aromatic carbocycles. The predicted octanol–water partition coefficient (Wildman–Crippen LogP) is 5.70. The Morgan fingerprint density at radius 2 is 1.22 bits per heavy atom. The Kier molecular flexibility index (Phi) is 6.51. The molecule has 0 aliphatic carbocycles. The number of anilines is 2. The highest BCUT2D eigenvalue weighted by Gasteiger charge is 2.32. The Labute approximate surface area is 191 Å². The number of aryl methyl sites for hydroxylation is 6. The first-order valence-electron chi connectivity index (χ1n) is 10.1. The van der Waals surface area contributed by atoms with Crippen LogP contribution in [0.2, 0.25) is 0 Å². The SMILES string of the molecule is Cc1cc(C)c(NS(=O)(=O)c2cccc([S+](=O)(O)Nc3c(C)cc(C)cc3C)c2)c(C)c1. The second kappa shape index (κ2) is 8.69. The summed E-state index contributed by atoms with van der Waals surface area (Å²) in [5.41, 5.74) is 6.43. The molecule has 0 aliphatic rings. The standard InChI is InChI=1S/C24H28N2O4S2/c1-15-10-17(3)23(18(4)11-15)25-31(27,28)21-8-7-9-22(14-21)32(29,30)26-24-19(5)12-16(2)13-20(24)6/h7-14,25H,1-6H3,(H-,26,29,30)/p+1. The summed E-state index contributed by atoms with van der Waals surface area (Å²) in [6.07, 6.45) is 0. The van der Waals surface area contributed by atoms with Gasteiger partial charge in [-0.15, -0.1) is 0 Å². The van der Waals surface area contributed by atoms with Crippen LogP contribution in [0.1, 0.15) is 33.4 Å². The minimum Gasteiger partial charge on any atom is -0.279 e. The minimum atomic E-state index is -3.96. The molecule has 32 heavy (non-hydrogen) atoms. The molecule has 1 unspecified atom stereocenters. The predicted molar refractivity (Wildman–Crippen MR) is 131 cm³/mol. The molecule has 0 heterocycles. The number of hydrogen-bond donors (Lipinski definition) is 3. The number of benzene rings is 3. The lowest BCUT2D eigenvalue weighted by molar-refractivity contribution is 0.502. The fraction of sp³-hybridized carbons (Fsp3) is 0.250. The molecule has 3 N–H and O–H groups in total. The van der Waals surface area contributed by atoms with E-state index in [1.54, 1.807) is 0 Å². The van der Waals surface area contributed by atoms with Gasteiger partial charge in [0.05, 0.1) is 16.3 Å². The van der Waals surface area contributed by atoms with Crippen molar-refractivity contribution in [3.8, 4) is 0 Å². The van der Waals surface area contributed by atoms with Crippen LogP contribution in [0.3, 0.4) is 0 Å². The fourth-order valence-electron chi connectivity index (χ4n) is 3.89. The monoisotopic (exact) mass is 473 g/mol. The van der Waals surface area contributed by atoms with Gasteiger partial charge >= 0.3 is 10.4 Å². The van der Waals surface area contributed by atoms with E-state index in [4.69, 9.17) is 0 Å². The molecule has 3 aromatic rings. The molecule has 0 aliphatic heterocycles. The minimum absolute atomic E-state index is 0.0166. The summed E-state index contributed by atoms with van der Waals surface area (Å²) in [7, 11) is -7.70. The molecule has 170 valence electrons. The lowest BCUT2D eigenvalue weighted by Gasteiger charge is -2.15. The van der Waals surface area contributed by atoms with E-state index in [1.807, 2.05) is 65.8 Å². The van der Waals surface area contributed by atoms with Crippen LogP contribution in [0.25, 0.3) is 0 Å². The lowest BCUT2D eigenvalue weighted by Crippen LogP contribution is -2.23. The van der Waals surface area contributed by atoms with Gasteiger partial charge < -0.3 is 0 Å². The van der Waals surface area contributed by atoms with Crippen LogP contribution in [0.15, 0.2) is 58.3 Å². The summed E-state index contributed by atoms with van der Waals surface area (Å²) in [4.78, 5) is -0.104. The van der Waals surface area contributed by atoms with Crippen LogP contribution < -0.4 is 9.44 Å². The van der Waals surface area contributed by atoms with Gasteiger partial charge in [0, 0.05) is 6.07 Å². The van der Waals surface area contributed by atoms with Crippen molar-refractivity contribution in [2.24, 2.45) is 0 Å². The van der Waals surface area contributed by atoms with Crippen molar-refractivity contribution in [1.82, 2.24) is 0 Å². The van der Waals surface area contributed by atoms with E-state index in [1.165, 1.54) is 24.3 Å². The van der Waals surface area contributed by atoms with Crippen molar-refractivity contribution in [2.45, 2.75) is 51.3 Å². The average Bonchev–Trinajstić information content (AvgIpc) is 2.68. The van der Waals surface area contributed by atoms with Crippen LogP contribution in [-0.4, -0.2) is 13.0 Å². The van der Waals surface area contributed by atoms with Crippen LogP contribution >= 0.6 is 0 Å². The number of hydrogen-bond acceptors (Lipinski definition) is 3. The molecule has 0 saturated carbocycles. The van der Waals surface area contributed by atoms with Crippen LogP contribution in [0.4, 0.5) is 11.4 Å². The second-order valence-corrected chi connectivity index (χ2v) is 11.7. The van der Waals surface area contributed by atoms with E-state index in [-0.39, 0.29) is 9.79 Å². The number of rotatable bonds is 6. The second-order valence-electron chi connectivity index (χ2n) is 8.26. The summed E-state index contributed by atoms with van der Waals surface area (Å²) >= 11 is 0. The van der Waals surface area contributed by atoms with Crippen molar-refractivity contribution in [1.29, 1.82) is 0 Å². The summed E-state index contributed by atoms with van der Waals surface area (Å²) in [6, 6.07) is 13.2. The van der Waals surface area contributed by atoms with Gasteiger partial charge in [-0.05, 0) is 80.1 Å². The highest BCUT2D eigenvalue weighted by Crippen LogP contribution is 2.30. The van der Waals surface area contributed by atoms with Crippen LogP contribution in [0, 0.1) is 41.5 Å². The fourth-order valence-corrected chi connectivity index (χ4v) is 6.48. The summed E-state index contributed by atoms with van der Waals surface area (Å²) in [5.74, 6) is 0. The van der Waals surface area contributed by atoms with Gasteiger partial charge in [-0.2, -0.15) is 9.27 Å². The van der Waals surface area contributed by atoms with Crippen LogP contribution in [-0.2, 0) is 24.6 Å². The Morgan fingerprint density at radius 3 is 1.72 bits per heavy atom. The molecule has 0 radical (unpaired) electrons. The average molecular weight is 474 g/mol. The molecule has 0 spiro atoms. The van der Waals surface area contributed by atoms with Gasteiger partial charge in [-0.3, -0.25) is 4.72 Å². The first-order valence-corrected chi connectivity index (χ1v) is 13.1. The van der Waals surface area contributed by atoms with Gasteiger partial charge in [0.25, 0.3) is 10.0 Å². The third-order valence-corrected chi connectivity index (χ3v) is 7.99. The van der Waals surface area contributed by atoms with E-state index in [2.05, 4.69) is 9.44 Å². The van der Waals surface area contributed by atoms with Gasteiger partial charge in [-0.25, -0.2) is 8.42 Å². The van der Waals surface area contributed by atoms with Gasteiger partial charge in [0.15, 0.2) is 0 Å². The quantitative estimate of drug-likeness (QED) is 0.400. The maximum absolute atomic E-state index is 13.2. The first-order chi connectivity index (χ1) is 14.8. The largest absolute Gasteiger partial charge is 0.346 e. The highest BCUT2D eigenvalue weighted by atomic mass is 32.3. The van der Waals surface area contributed by atoms with E-state index in [9.17, 15) is 17.2 Å². The number of nitrogens with one attached hydrogen (secondary N) is 2. The van der Waals surface area contributed by atoms with Crippen molar-refractivity contribution < 1.29 is 17.2 Å². The van der Waals surface area contributed by atoms with Crippen molar-refractivity contribution >= 4 is 31.8 Å². The maximum Gasteiger partial charge on any atom is 0.346 e. The van der Waals surface area contributed by atoms with E-state index < -0.39 is 20.4 Å². The Morgan fingerprint density at radius 1 is 0.750 bits per heavy atom. The van der Waals surface area contributed by atoms with E-state index in [0.717, 1.165) is 33.4 Å². The molecule has 8 heteroatoms. The van der Waals surface area contributed by atoms with Crippen molar-refractivity contribution in [2.75, 3.05) is 9.44 Å².